The van der Waals surface area contributed by atoms with Crippen molar-refractivity contribution in [3.8, 4) is 0 Å². The number of anilines is 1. The molecule has 2 heterocycles. The van der Waals surface area contributed by atoms with Crippen LogP contribution in [0.5, 0.6) is 0 Å². The zero-order valence-electron chi connectivity index (χ0n) is 14.0. The van der Waals surface area contributed by atoms with Crippen molar-refractivity contribution in [1.29, 1.82) is 0 Å². The Hall–Kier alpha value is -2.73. The van der Waals surface area contributed by atoms with Crippen LogP contribution in [-0.2, 0) is 13.0 Å². The summed E-state index contributed by atoms with van der Waals surface area (Å²) in [6.07, 6.45) is 4.99. The molecule has 0 fully saturated rings. The number of nitrogens with zero attached hydrogens (tertiary/aromatic N) is 4. The number of aryl methyl sites for hydroxylation is 1. The van der Waals surface area contributed by atoms with Gasteiger partial charge in [0.15, 0.2) is 0 Å². The van der Waals surface area contributed by atoms with Gasteiger partial charge in [0.05, 0.1) is 30.2 Å². The molecular formula is C19H19N5S. The summed E-state index contributed by atoms with van der Waals surface area (Å²) >= 11 is 1.25. The minimum absolute atomic E-state index is 0.809. The fourth-order valence-electron chi connectivity index (χ4n) is 2.87. The molecular weight excluding hydrogens is 330 g/mol. The standard InChI is InChI=1S/C19H19N5S/c1-14-5-2-3-6-16(14)13-24-12-15(11-21-24)9-10-20-17-7-4-8-18-19(17)23-25-22-18/h2-8,11-12,20H,9-10,13H2,1H3. The van der Waals surface area contributed by atoms with E-state index < -0.39 is 0 Å². The molecule has 4 aromatic rings. The largest absolute Gasteiger partial charge is 0.383 e. The molecule has 1 N–H and O–H groups in total. The van der Waals surface area contributed by atoms with Crippen molar-refractivity contribution in [2.24, 2.45) is 0 Å². The van der Waals surface area contributed by atoms with E-state index >= 15 is 0 Å². The molecule has 0 aliphatic carbocycles. The summed E-state index contributed by atoms with van der Waals surface area (Å²) in [7, 11) is 0. The van der Waals surface area contributed by atoms with E-state index in [2.05, 4.69) is 56.5 Å². The predicted octanol–water partition coefficient (Wildman–Crippen LogP) is 3.90. The second-order valence-electron chi connectivity index (χ2n) is 6.09. The molecule has 0 bridgehead atoms. The van der Waals surface area contributed by atoms with E-state index in [-0.39, 0.29) is 0 Å². The van der Waals surface area contributed by atoms with E-state index in [1.165, 1.54) is 28.4 Å². The maximum absolute atomic E-state index is 4.49. The van der Waals surface area contributed by atoms with Crippen LogP contribution in [0.25, 0.3) is 11.0 Å². The van der Waals surface area contributed by atoms with Crippen molar-refractivity contribution in [1.82, 2.24) is 18.5 Å². The maximum Gasteiger partial charge on any atom is 0.127 e. The Morgan fingerprint density at radius 3 is 2.92 bits per heavy atom. The van der Waals surface area contributed by atoms with Crippen molar-refractivity contribution >= 4 is 28.4 Å². The Labute approximate surface area is 150 Å². The fraction of sp³-hybridized carbons (Fsp3) is 0.211. The van der Waals surface area contributed by atoms with Gasteiger partial charge in [0.1, 0.15) is 11.0 Å². The average Bonchev–Trinajstić information content (AvgIpc) is 3.27. The number of hydrogen-bond donors (Lipinski definition) is 1. The van der Waals surface area contributed by atoms with Crippen LogP contribution in [-0.4, -0.2) is 25.1 Å². The van der Waals surface area contributed by atoms with Gasteiger partial charge in [0.2, 0.25) is 0 Å². The molecule has 0 atom stereocenters. The van der Waals surface area contributed by atoms with Crippen LogP contribution in [0.3, 0.4) is 0 Å². The van der Waals surface area contributed by atoms with Crippen molar-refractivity contribution in [3.63, 3.8) is 0 Å². The molecule has 0 aliphatic rings. The highest BCUT2D eigenvalue weighted by molar-refractivity contribution is 7.00. The SMILES string of the molecule is Cc1ccccc1Cn1cc(CCNc2cccc3nsnc23)cn1. The molecule has 0 aliphatic heterocycles. The summed E-state index contributed by atoms with van der Waals surface area (Å²) in [4.78, 5) is 0. The van der Waals surface area contributed by atoms with Gasteiger partial charge in [-0.2, -0.15) is 13.8 Å². The van der Waals surface area contributed by atoms with Crippen LogP contribution in [0.4, 0.5) is 5.69 Å². The van der Waals surface area contributed by atoms with Crippen LogP contribution < -0.4 is 5.32 Å². The molecule has 0 radical (unpaired) electrons. The first-order valence-corrected chi connectivity index (χ1v) is 9.03. The normalized spacial score (nSPS) is 11.1. The number of fused-ring (bicyclic) bond motifs is 1. The zero-order valence-corrected chi connectivity index (χ0v) is 14.8. The van der Waals surface area contributed by atoms with E-state index in [4.69, 9.17) is 0 Å². The fourth-order valence-corrected chi connectivity index (χ4v) is 3.42. The highest BCUT2D eigenvalue weighted by atomic mass is 32.1. The lowest BCUT2D eigenvalue weighted by Gasteiger charge is -2.06. The minimum atomic E-state index is 0.809. The predicted molar refractivity (Wildman–Crippen MR) is 102 cm³/mol. The third-order valence-electron chi connectivity index (χ3n) is 4.30. The lowest BCUT2D eigenvalue weighted by atomic mass is 10.1. The first kappa shape index (κ1) is 15.8. The Bertz CT molecular complexity index is 988. The summed E-state index contributed by atoms with van der Waals surface area (Å²) < 4.78 is 10.6. The average molecular weight is 349 g/mol. The van der Waals surface area contributed by atoms with Gasteiger partial charge < -0.3 is 5.32 Å². The minimum Gasteiger partial charge on any atom is -0.383 e. The van der Waals surface area contributed by atoms with Gasteiger partial charge in [-0.25, -0.2) is 0 Å². The first-order valence-electron chi connectivity index (χ1n) is 8.30. The van der Waals surface area contributed by atoms with Gasteiger partial charge in [-0.1, -0.05) is 30.3 Å². The Morgan fingerprint density at radius 1 is 1.08 bits per heavy atom. The second kappa shape index (κ2) is 7.03. The van der Waals surface area contributed by atoms with Gasteiger partial charge in [0, 0.05) is 12.7 Å². The van der Waals surface area contributed by atoms with Crippen LogP contribution in [0.2, 0.25) is 0 Å². The third kappa shape index (κ3) is 3.53. The van der Waals surface area contributed by atoms with Crippen molar-refractivity contribution in [2.45, 2.75) is 19.9 Å². The molecule has 0 spiro atoms. The third-order valence-corrected chi connectivity index (χ3v) is 4.84. The summed E-state index contributed by atoms with van der Waals surface area (Å²) in [6, 6.07) is 14.5. The monoisotopic (exact) mass is 349 g/mol. The topological polar surface area (TPSA) is 55.6 Å². The van der Waals surface area contributed by atoms with Crippen molar-refractivity contribution in [2.75, 3.05) is 11.9 Å². The molecule has 2 aromatic carbocycles. The van der Waals surface area contributed by atoms with Gasteiger partial charge in [-0.3, -0.25) is 4.68 Å². The molecule has 25 heavy (non-hydrogen) atoms. The van der Waals surface area contributed by atoms with E-state index in [1.54, 1.807) is 0 Å². The maximum atomic E-state index is 4.49. The molecule has 4 rings (SSSR count). The highest BCUT2D eigenvalue weighted by Crippen LogP contribution is 2.21. The lowest BCUT2D eigenvalue weighted by Crippen LogP contribution is -2.05. The van der Waals surface area contributed by atoms with E-state index in [0.717, 1.165) is 36.2 Å². The quantitative estimate of drug-likeness (QED) is 0.574. The molecule has 0 saturated carbocycles. The van der Waals surface area contributed by atoms with E-state index in [1.807, 2.05) is 29.1 Å². The summed E-state index contributed by atoms with van der Waals surface area (Å²) in [5.74, 6) is 0. The van der Waals surface area contributed by atoms with Gasteiger partial charge in [-0.05, 0) is 42.2 Å². The van der Waals surface area contributed by atoms with Gasteiger partial charge in [-0.15, -0.1) is 0 Å². The van der Waals surface area contributed by atoms with E-state index in [9.17, 15) is 0 Å². The number of rotatable bonds is 6. The molecule has 126 valence electrons. The Kier molecular flexibility index (Phi) is 4.43. The van der Waals surface area contributed by atoms with Gasteiger partial charge >= 0.3 is 0 Å². The van der Waals surface area contributed by atoms with Crippen LogP contribution in [0, 0.1) is 6.92 Å². The van der Waals surface area contributed by atoms with Crippen LogP contribution in [0.1, 0.15) is 16.7 Å². The smallest absolute Gasteiger partial charge is 0.127 e. The zero-order chi connectivity index (χ0) is 17.1. The van der Waals surface area contributed by atoms with Gasteiger partial charge in [0.25, 0.3) is 0 Å². The molecule has 2 aromatic heterocycles. The molecule has 0 unspecified atom stereocenters. The molecule has 6 heteroatoms. The number of benzene rings is 2. The number of nitrogens with one attached hydrogen (secondary N) is 1. The first-order chi connectivity index (χ1) is 12.3. The van der Waals surface area contributed by atoms with Crippen molar-refractivity contribution < 1.29 is 0 Å². The van der Waals surface area contributed by atoms with Crippen molar-refractivity contribution in [3.05, 3.63) is 71.5 Å². The molecule has 0 saturated heterocycles. The second-order valence-corrected chi connectivity index (χ2v) is 6.62. The summed E-state index contributed by atoms with van der Waals surface area (Å²) in [5.41, 5.74) is 6.76. The highest BCUT2D eigenvalue weighted by Gasteiger charge is 2.05. The van der Waals surface area contributed by atoms with E-state index in [0.29, 0.717) is 0 Å². The number of hydrogen-bond acceptors (Lipinski definition) is 5. The summed E-state index contributed by atoms with van der Waals surface area (Å²) in [5, 5.41) is 7.95. The molecule has 0 amide bonds. The van der Waals surface area contributed by atoms with Crippen LogP contribution >= 0.6 is 11.7 Å². The lowest BCUT2D eigenvalue weighted by molar-refractivity contribution is 0.683. The molecule has 5 nitrogen and oxygen atoms in total. The summed E-state index contributed by atoms with van der Waals surface area (Å²) in [6.45, 7) is 3.79. The number of aromatic nitrogens is 4. The van der Waals surface area contributed by atoms with Crippen LogP contribution in [0.15, 0.2) is 54.9 Å². The Balaban J connectivity index is 1.37. The Morgan fingerprint density at radius 2 is 2.00 bits per heavy atom.